The van der Waals surface area contributed by atoms with Crippen LogP contribution in [0.1, 0.15) is 5.56 Å². The Bertz CT molecular complexity index is 1240. The van der Waals surface area contributed by atoms with E-state index in [4.69, 9.17) is 9.15 Å². The molecular weight excluding hydrogens is 410 g/mol. The van der Waals surface area contributed by atoms with Gasteiger partial charge in [0.15, 0.2) is 5.58 Å². The Morgan fingerprint density at radius 1 is 1.10 bits per heavy atom. The molecule has 0 saturated carbocycles. The van der Waals surface area contributed by atoms with Crippen LogP contribution in [0.3, 0.4) is 0 Å². The van der Waals surface area contributed by atoms with Crippen LogP contribution in [0.15, 0.2) is 56.6 Å². The number of nitrogens with one attached hydrogen (secondary N) is 1. The molecule has 3 aromatic rings. The highest BCUT2D eigenvalue weighted by Gasteiger charge is 2.27. The molecule has 158 valence electrons. The molecule has 0 spiro atoms. The zero-order chi connectivity index (χ0) is 21.3. The number of nitrogens with zero attached hydrogens (tertiary/aromatic N) is 2. The van der Waals surface area contributed by atoms with Crippen LogP contribution in [0.5, 0.6) is 0 Å². The molecule has 0 atom stereocenters. The molecule has 0 radical (unpaired) electrons. The zero-order valence-corrected chi connectivity index (χ0v) is 17.1. The lowest BCUT2D eigenvalue weighted by Crippen LogP contribution is -2.40. The van der Waals surface area contributed by atoms with Crippen LogP contribution in [0, 0.1) is 6.92 Å². The highest BCUT2D eigenvalue weighted by atomic mass is 32.2. The van der Waals surface area contributed by atoms with Gasteiger partial charge in [-0.25, -0.2) is 13.2 Å². The van der Waals surface area contributed by atoms with Crippen molar-refractivity contribution in [2.75, 3.05) is 31.6 Å². The smallest absolute Gasteiger partial charge is 0.408 e. The molecule has 0 unspecified atom stereocenters. The van der Waals surface area contributed by atoms with Gasteiger partial charge in [-0.05, 0) is 31.2 Å². The zero-order valence-electron chi connectivity index (χ0n) is 16.3. The van der Waals surface area contributed by atoms with Crippen molar-refractivity contribution >= 4 is 32.7 Å². The Morgan fingerprint density at radius 3 is 2.50 bits per heavy atom. The summed E-state index contributed by atoms with van der Waals surface area (Å²) in [6.07, 6.45) is 0. The molecular formula is C20H21N3O6S. The summed E-state index contributed by atoms with van der Waals surface area (Å²) in [4.78, 5) is 24.7. The van der Waals surface area contributed by atoms with Gasteiger partial charge in [0, 0.05) is 24.8 Å². The number of carbonyl (C=O) groups is 1. The Hall–Kier alpha value is -2.95. The molecule has 1 aromatic heterocycles. The number of ether oxygens (including phenoxy) is 1. The molecule has 1 saturated heterocycles. The third-order valence-electron chi connectivity index (χ3n) is 4.88. The van der Waals surface area contributed by atoms with Crippen LogP contribution < -0.4 is 11.1 Å². The molecule has 10 heteroatoms. The van der Waals surface area contributed by atoms with E-state index in [1.807, 2.05) is 19.1 Å². The number of amides is 1. The predicted octanol–water partition coefficient (Wildman–Crippen LogP) is 1.56. The first-order chi connectivity index (χ1) is 14.3. The highest BCUT2D eigenvalue weighted by molar-refractivity contribution is 7.89. The maximum absolute atomic E-state index is 12.8. The lowest BCUT2D eigenvalue weighted by atomic mass is 10.2. The van der Waals surface area contributed by atoms with Gasteiger partial charge in [0.1, 0.15) is 6.54 Å². The summed E-state index contributed by atoms with van der Waals surface area (Å²) < 4.78 is 38.5. The van der Waals surface area contributed by atoms with E-state index in [9.17, 15) is 18.0 Å². The fraction of sp³-hybridized carbons (Fsp3) is 0.300. The van der Waals surface area contributed by atoms with Gasteiger partial charge in [0.2, 0.25) is 15.9 Å². The number of oxazole rings is 1. The van der Waals surface area contributed by atoms with Crippen LogP contribution in [0.2, 0.25) is 0 Å². The summed E-state index contributed by atoms with van der Waals surface area (Å²) in [7, 11) is -3.72. The van der Waals surface area contributed by atoms with Crippen molar-refractivity contribution in [2.45, 2.75) is 18.4 Å². The summed E-state index contributed by atoms with van der Waals surface area (Å²) in [5.41, 5.74) is 2.13. The van der Waals surface area contributed by atoms with Crippen molar-refractivity contribution in [2.24, 2.45) is 0 Å². The van der Waals surface area contributed by atoms with Crippen molar-refractivity contribution in [3.05, 3.63) is 58.6 Å². The van der Waals surface area contributed by atoms with Crippen LogP contribution in [0.4, 0.5) is 5.69 Å². The van der Waals surface area contributed by atoms with Gasteiger partial charge in [-0.2, -0.15) is 4.31 Å². The summed E-state index contributed by atoms with van der Waals surface area (Å²) >= 11 is 0. The second-order valence-electron chi connectivity index (χ2n) is 7.01. The quantitative estimate of drug-likeness (QED) is 0.656. The molecule has 1 amide bonds. The maximum Gasteiger partial charge on any atom is 0.420 e. The minimum atomic E-state index is -3.72. The Kier molecular flexibility index (Phi) is 5.46. The van der Waals surface area contributed by atoms with Gasteiger partial charge in [-0.1, -0.05) is 17.7 Å². The summed E-state index contributed by atoms with van der Waals surface area (Å²) in [6.45, 7) is 2.90. The molecule has 1 fully saturated rings. The van der Waals surface area contributed by atoms with Gasteiger partial charge in [-0.3, -0.25) is 9.36 Å². The molecule has 0 aliphatic carbocycles. The molecule has 0 bridgehead atoms. The lowest BCUT2D eigenvalue weighted by Gasteiger charge is -2.25. The first-order valence-electron chi connectivity index (χ1n) is 9.42. The first-order valence-corrected chi connectivity index (χ1v) is 10.9. The number of morpholine rings is 1. The van der Waals surface area contributed by atoms with E-state index in [-0.39, 0.29) is 30.1 Å². The molecule has 9 nitrogen and oxygen atoms in total. The fourth-order valence-electron chi connectivity index (χ4n) is 3.27. The van der Waals surface area contributed by atoms with E-state index in [0.29, 0.717) is 24.4 Å². The van der Waals surface area contributed by atoms with Crippen LogP contribution in [-0.4, -0.2) is 49.5 Å². The molecule has 1 aliphatic heterocycles. The molecule has 4 rings (SSSR count). The van der Waals surface area contributed by atoms with Gasteiger partial charge >= 0.3 is 5.76 Å². The normalized spacial score (nSPS) is 15.4. The summed E-state index contributed by atoms with van der Waals surface area (Å²) in [6, 6.07) is 11.5. The topological polar surface area (TPSA) is 111 Å². The van der Waals surface area contributed by atoms with E-state index in [2.05, 4.69) is 5.32 Å². The number of aryl methyl sites for hydroxylation is 1. The number of hydrogen-bond acceptors (Lipinski definition) is 6. The summed E-state index contributed by atoms with van der Waals surface area (Å²) in [5.74, 6) is -1.13. The third kappa shape index (κ3) is 4.02. The molecule has 30 heavy (non-hydrogen) atoms. The van der Waals surface area contributed by atoms with Crippen LogP contribution in [0.25, 0.3) is 11.1 Å². The molecule has 2 heterocycles. The minimum Gasteiger partial charge on any atom is -0.408 e. The van der Waals surface area contributed by atoms with Crippen LogP contribution >= 0.6 is 0 Å². The van der Waals surface area contributed by atoms with Gasteiger partial charge in [0.05, 0.1) is 23.6 Å². The third-order valence-corrected chi connectivity index (χ3v) is 6.78. The second-order valence-corrected chi connectivity index (χ2v) is 8.95. The average molecular weight is 431 g/mol. The fourth-order valence-corrected chi connectivity index (χ4v) is 4.70. The van der Waals surface area contributed by atoms with Crippen molar-refractivity contribution in [1.82, 2.24) is 8.87 Å². The average Bonchev–Trinajstić information content (AvgIpc) is 3.04. The van der Waals surface area contributed by atoms with E-state index in [0.717, 1.165) is 5.56 Å². The number of anilines is 1. The van der Waals surface area contributed by atoms with Crippen molar-refractivity contribution in [3.8, 4) is 0 Å². The molecule has 1 N–H and O–H groups in total. The van der Waals surface area contributed by atoms with Crippen molar-refractivity contribution < 1.29 is 22.4 Å². The number of fused-ring (bicyclic) bond motifs is 1. The van der Waals surface area contributed by atoms with Gasteiger partial charge in [0.25, 0.3) is 0 Å². The standard InChI is InChI=1S/C20H21N3O6S/c1-14-2-4-15(5-3-14)21-19(24)13-23-17-7-6-16(12-18(17)29-20(23)25)30(26,27)22-8-10-28-11-9-22/h2-7,12H,8-11,13H2,1H3,(H,21,24). The Labute approximate surface area is 172 Å². The van der Waals surface area contributed by atoms with E-state index >= 15 is 0 Å². The first kappa shape index (κ1) is 20.3. The van der Waals surface area contributed by atoms with Gasteiger partial charge in [-0.15, -0.1) is 0 Å². The van der Waals surface area contributed by atoms with Crippen molar-refractivity contribution in [3.63, 3.8) is 0 Å². The number of sulfonamides is 1. The minimum absolute atomic E-state index is 0.0295. The van der Waals surface area contributed by atoms with E-state index < -0.39 is 21.7 Å². The van der Waals surface area contributed by atoms with Gasteiger partial charge < -0.3 is 14.5 Å². The molecule has 1 aliphatic rings. The number of benzene rings is 2. The lowest BCUT2D eigenvalue weighted by molar-refractivity contribution is -0.116. The van der Waals surface area contributed by atoms with E-state index in [1.165, 1.54) is 27.1 Å². The van der Waals surface area contributed by atoms with Crippen molar-refractivity contribution in [1.29, 1.82) is 0 Å². The van der Waals surface area contributed by atoms with E-state index in [1.54, 1.807) is 12.1 Å². The number of rotatable bonds is 5. The number of hydrogen-bond donors (Lipinski definition) is 1. The SMILES string of the molecule is Cc1ccc(NC(=O)Cn2c(=O)oc3cc(S(=O)(=O)N4CCOCC4)ccc32)cc1. The number of carbonyl (C=O) groups excluding carboxylic acids is 1. The maximum atomic E-state index is 12.8. The monoisotopic (exact) mass is 431 g/mol. The Morgan fingerprint density at radius 2 is 1.80 bits per heavy atom. The number of aromatic nitrogens is 1. The molecule has 2 aromatic carbocycles. The second kappa shape index (κ2) is 8.05. The predicted molar refractivity (Wildman–Crippen MR) is 110 cm³/mol. The largest absolute Gasteiger partial charge is 0.420 e. The summed E-state index contributed by atoms with van der Waals surface area (Å²) in [5, 5.41) is 2.72. The Balaban J connectivity index is 1.58. The highest BCUT2D eigenvalue weighted by Crippen LogP contribution is 2.22. The van der Waals surface area contributed by atoms with Crippen LogP contribution in [-0.2, 0) is 26.1 Å².